The van der Waals surface area contributed by atoms with E-state index in [0.29, 0.717) is 25.1 Å². The van der Waals surface area contributed by atoms with Crippen molar-refractivity contribution in [2.24, 2.45) is 0 Å². The number of esters is 1. The molecule has 1 saturated heterocycles. The zero-order chi connectivity index (χ0) is 16.2. The summed E-state index contributed by atoms with van der Waals surface area (Å²) in [6.07, 6.45) is 7.22. The van der Waals surface area contributed by atoms with Crippen molar-refractivity contribution in [3.8, 4) is 0 Å². The molecule has 3 rings (SSSR count). The van der Waals surface area contributed by atoms with Crippen molar-refractivity contribution in [1.82, 2.24) is 4.90 Å². The third kappa shape index (κ3) is 3.41. The van der Waals surface area contributed by atoms with Crippen molar-refractivity contribution in [2.75, 3.05) is 13.2 Å². The molecule has 0 aromatic heterocycles. The first kappa shape index (κ1) is 16.0. The van der Waals surface area contributed by atoms with Crippen molar-refractivity contribution in [3.63, 3.8) is 0 Å². The number of ether oxygens (including phenoxy) is 1. The van der Waals surface area contributed by atoms with Crippen LogP contribution in [0.4, 0.5) is 0 Å². The maximum absolute atomic E-state index is 12.9. The molecule has 1 atom stereocenters. The van der Waals surface area contributed by atoms with Crippen LogP contribution in [0, 0.1) is 0 Å². The van der Waals surface area contributed by atoms with Gasteiger partial charge in [-0.25, -0.2) is 4.79 Å². The number of carbonyl (C=O) groups excluding carboxylic acids is 2. The van der Waals surface area contributed by atoms with Gasteiger partial charge in [-0.3, -0.25) is 4.79 Å². The van der Waals surface area contributed by atoms with E-state index in [2.05, 4.69) is 6.07 Å². The zero-order valence-corrected chi connectivity index (χ0v) is 13.8. The van der Waals surface area contributed by atoms with Crippen LogP contribution in [0.15, 0.2) is 18.2 Å². The van der Waals surface area contributed by atoms with E-state index in [9.17, 15) is 9.59 Å². The van der Waals surface area contributed by atoms with E-state index >= 15 is 0 Å². The highest BCUT2D eigenvalue weighted by molar-refractivity contribution is 5.97. The Kier molecular flexibility index (Phi) is 4.99. The molecule has 1 aliphatic heterocycles. The van der Waals surface area contributed by atoms with Crippen LogP contribution in [-0.2, 0) is 22.4 Å². The number of amides is 1. The fourth-order valence-electron chi connectivity index (χ4n) is 3.69. The van der Waals surface area contributed by atoms with Gasteiger partial charge in [-0.2, -0.15) is 0 Å². The highest BCUT2D eigenvalue weighted by Crippen LogP contribution is 2.25. The average molecular weight is 315 g/mol. The Labute approximate surface area is 137 Å². The first-order valence-corrected chi connectivity index (χ1v) is 8.80. The Bertz CT molecular complexity index is 596. The number of nitrogens with zero attached hydrogens (tertiary/aromatic N) is 1. The molecule has 0 N–H and O–H groups in total. The Morgan fingerprint density at radius 3 is 2.70 bits per heavy atom. The third-order valence-corrected chi connectivity index (χ3v) is 4.92. The summed E-state index contributed by atoms with van der Waals surface area (Å²) in [7, 11) is 0. The molecule has 0 saturated carbocycles. The van der Waals surface area contributed by atoms with Gasteiger partial charge in [-0.15, -0.1) is 0 Å². The molecule has 1 fully saturated rings. The van der Waals surface area contributed by atoms with Crippen LogP contribution in [0.1, 0.15) is 60.5 Å². The largest absolute Gasteiger partial charge is 0.464 e. The van der Waals surface area contributed by atoms with Crippen LogP contribution in [0.25, 0.3) is 0 Å². The van der Waals surface area contributed by atoms with Gasteiger partial charge in [0.15, 0.2) is 0 Å². The first-order valence-electron chi connectivity index (χ1n) is 8.80. The highest BCUT2D eigenvalue weighted by atomic mass is 16.5. The van der Waals surface area contributed by atoms with Crippen LogP contribution < -0.4 is 0 Å². The smallest absolute Gasteiger partial charge is 0.328 e. The third-order valence-electron chi connectivity index (χ3n) is 4.92. The standard InChI is InChI=1S/C19H25NO3/c1-2-23-19(22)17-9-5-6-12-20(17)18(21)16-11-10-14-7-3-4-8-15(14)13-16/h10-11,13,17H,2-9,12H2,1H3. The summed E-state index contributed by atoms with van der Waals surface area (Å²) in [6, 6.07) is 5.62. The number of likely N-dealkylation sites (tertiary alicyclic amines) is 1. The Balaban J connectivity index is 1.81. The predicted molar refractivity (Wildman–Crippen MR) is 88.4 cm³/mol. The summed E-state index contributed by atoms with van der Waals surface area (Å²) in [4.78, 5) is 26.8. The highest BCUT2D eigenvalue weighted by Gasteiger charge is 2.33. The minimum atomic E-state index is -0.424. The van der Waals surface area contributed by atoms with Crippen LogP contribution in [0.2, 0.25) is 0 Å². The average Bonchev–Trinajstić information content (AvgIpc) is 2.61. The van der Waals surface area contributed by atoms with Gasteiger partial charge in [0.25, 0.3) is 5.91 Å². The summed E-state index contributed by atoms with van der Waals surface area (Å²) in [6.45, 7) is 2.80. The second-order valence-corrected chi connectivity index (χ2v) is 6.45. The van der Waals surface area contributed by atoms with Crippen molar-refractivity contribution in [3.05, 3.63) is 34.9 Å². The monoisotopic (exact) mass is 315 g/mol. The normalized spacial score (nSPS) is 20.7. The molecule has 1 aliphatic carbocycles. The second kappa shape index (κ2) is 7.16. The molecule has 4 heteroatoms. The summed E-state index contributed by atoms with van der Waals surface area (Å²) < 4.78 is 5.16. The number of fused-ring (bicyclic) bond motifs is 1. The predicted octanol–water partition coefficient (Wildman–Crippen LogP) is 3.12. The molecule has 1 heterocycles. The molecule has 2 aliphatic rings. The van der Waals surface area contributed by atoms with Gasteiger partial charge in [0.2, 0.25) is 0 Å². The van der Waals surface area contributed by atoms with E-state index in [1.807, 2.05) is 12.1 Å². The fourth-order valence-corrected chi connectivity index (χ4v) is 3.69. The Morgan fingerprint density at radius 1 is 1.13 bits per heavy atom. The van der Waals surface area contributed by atoms with Gasteiger partial charge in [-0.1, -0.05) is 6.07 Å². The molecule has 124 valence electrons. The van der Waals surface area contributed by atoms with Crippen molar-refractivity contribution < 1.29 is 14.3 Å². The molecule has 0 spiro atoms. The summed E-state index contributed by atoms with van der Waals surface area (Å²) in [5.41, 5.74) is 3.38. The van der Waals surface area contributed by atoms with E-state index in [1.165, 1.54) is 24.0 Å². The Hall–Kier alpha value is -1.84. The lowest BCUT2D eigenvalue weighted by molar-refractivity contribution is -0.149. The van der Waals surface area contributed by atoms with Gasteiger partial charge in [-0.05, 0) is 75.1 Å². The summed E-state index contributed by atoms with van der Waals surface area (Å²) in [5, 5.41) is 0. The van der Waals surface area contributed by atoms with Crippen molar-refractivity contribution in [2.45, 2.75) is 57.9 Å². The van der Waals surface area contributed by atoms with Gasteiger partial charge in [0.1, 0.15) is 6.04 Å². The van der Waals surface area contributed by atoms with Crippen LogP contribution >= 0.6 is 0 Å². The number of piperidine rings is 1. The molecule has 1 aromatic rings. The summed E-state index contributed by atoms with van der Waals surface area (Å²) in [5.74, 6) is -0.297. The molecule has 0 radical (unpaired) electrons. The van der Waals surface area contributed by atoms with E-state index < -0.39 is 6.04 Å². The number of aryl methyl sites for hydroxylation is 2. The lowest BCUT2D eigenvalue weighted by atomic mass is 9.90. The van der Waals surface area contributed by atoms with Gasteiger partial charge >= 0.3 is 5.97 Å². The molecule has 1 aromatic carbocycles. The summed E-state index contributed by atoms with van der Waals surface area (Å²) >= 11 is 0. The number of carbonyl (C=O) groups is 2. The quantitative estimate of drug-likeness (QED) is 0.805. The maximum Gasteiger partial charge on any atom is 0.328 e. The molecule has 1 amide bonds. The lowest BCUT2D eigenvalue weighted by Crippen LogP contribution is -2.48. The number of hydrogen-bond acceptors (Lipinski definition) is 3. The molecule has 23 heavy (non-hydrogen) atoms. The zero-order valence-electron chi connectivity index (χ0n) is 13.8. The van der Waals surface area contributed by atoms with Crippen LogP contribution in [-0.4, -0.2) is 36.0 Å². The Morgan fingerprint density at radius 2 is 1.91 bits per heavy atom. The molecular formula is C19H25NO3. The lowest BCUT2D eigenvalue weighted by Gasteiger charge is -2.34. The van der Waals surface area contributed by atoms with E-state index in [1.54, 1.807) is 11.8 Å². The first-order chi connectivity index (χ1) is 11.2. The number of rotatable bonds is 3. The number of benzene rings is 1. The molecule has 0 bridgehead atoms. The second-order valence-electron chi connectivity index (χ2n) is 6.45. The topological polar surface area (TPSA) is 46.6 Å². The minimum Gasteiger partial charge on any atom is -0.464 e. The van der Waals surface area contributed by atoms with E-state index in [4.69, 9.17) is 4.74 Å². The fraction of sp³-hybridized carbons (Fsp3) is 0.579. The van der Waals surface area contributed by atoms with Gasteiger partial charge in [0, 0.05) is 12.1 Å². The maximum atomic E-state index is 12.9. The van der Waals surface area contributed by atoms with E-state index in [-0.39, 0.29) is 11.9 Å². The van der Waals surface area contributed by atoms with Gasteiger partial charge in [0.05, 0.1) is 6.61 Å². The molecule has 4 nitrogen and oxygen atoms in total. The molecule has 1 unspecified atom stereocenters. The van der Waals surface area contributed by atoms with Crippen LogP contribution in [0.5, 0.6) is 0 Å². The molecular weight excluding hydrogens is 290 g/mol. The number of hydrogen-bond donors (Lipinski definition) is 0. The van der Waals surface area contributed by atoms with Crippen molar-refractivity contribution >= 4 is 11.9 Å². The van der Waals surface area contributed by atoms with Gasteiger partial charge < -0.3 is 9.64 Å². The minimum absolute atomic E-state index is 0.0314. The van der Waals surface area contributed by atoms with E-state index in [0.717, 1.165) is 25.7 Å². The SMILES string of the molecule is CCOC(=O)C1CCCCN1C(=O)c1ccc2c(c1)CCCC2. The van der Waals surface area contributed by atoms with Crippen LogP contribution in [0.3, 0.4) is 0 Å². The van der Waals surface area contributed by atoms with Crippen molar-refractivity contribution in [1.29, 1.82) is 0 Å².